The van der Waals surface area contributed by atoms with E-state index in [4.69, 9.17) is 11.6 Å². The van der Waals surface area contributed by atoms with Crippen molar-refractivity contribution in [2.24, 2.45) is 0 Å². The normalized spacial score (nSPS) is 11.6. The number of alkyl halides is 3. The number of anilines is 2. The molecule has 2 aromatic rings. The van der Waals surface area contributed by atoms with Crippen molar-refractivity contribution in [2.45, 2.75) is 16.5 Å². The Morgan fingerprint density at radius 1 is 1.05 bits per heavy atom. The van der Waals surface area contributed by atoms with Crippen LogP contribution in [-0.2, 0) is 15.7 Å². The molecule has 3 nitrogen and oxygen atoms in total. The van der Waals surface area contributed by atoms with Gasteiger partial charge in [0, 0.05) is 17.3 Å². The van der Waals surface area contributed by atoms with Crippen LogP contribution in [0.15, 0.2) is 53.4 Å². The summed E-state index contributed by atoms with van der Waals surface area (Å²) >= 11 is 5.82. The van der Waals surface area contributed by atoms with Crippen LogP contribution in [0.1, 0.15) is 5.56 Å². The highest BCUT2D eigenvalue weighted by molar-refractivity contribution is 7.91. The van der Waals surface area contributed by atoms with Crippen LogP contribution in [0.2, 0.25) is 0 Å². The summed E-state index contributed by atoms with van der Waals surface area (Å²) in [5.41, 5.74) is 2.24. The second-order valence-electron chi connectivity index (χ2n) is 4.25. The fourth-order valence-corrected chi connectivity index (χ4v) is 2.70. The SMILES string of the molecule is O=S(=O)(c1ccc(Nc2ccccc2CCl)cc1)C(F)F. The van der Waals surface area contributed by atoms with E-state index in [0.29, 0.717) is 11.6 Å². The summed E-state index contributed by atoms with van der Waals surface area (Å²) in [5, 5.41) is 3.06. The second-order valence-corrected chi connectivity index (χ2v) is 6.43. The Morgan fingerprint density at radius 2 is 1.67 bits per heavy atom. The first-order valence-electron chi connectivity index (χ1n) is 5.98. The summed E-state index contributed by atoms with van der Waals surface area (Å²) < 4.78 is 47.5. The summed E-state index contributed by atoms with van der Waals surface area (Å²) in [6, 6.07) is 12.5. The first-order valence-corrected chi connectivity index (χ1v) is 8.06. The highest BCUT2D eigenvalue weighted by Crippen LogP contribution is 2.24. The molecule has 7 heteroatoms. The minimum absolute atomic E-state index is 0.320. The highest BCUT2D eigenvalue weighted by Gasteiger charge is 2.26. The van der Waals surface area contributed by atoms with Gasteiger partial charge < -0.3 is 5.32 Å². The van der Waals surface area contributed by atoms with Crippen molar-refractivity contribution in [1.82, 2.24) is 0 Å². The molecule has 0 unspecified atom stereocenters. The van der Waals surface area contributed by atoms with E-state index in [1.165, 1.54) is 12.1 Å². The third-order valence-electron chi connectivity index (χ3n) is 2.86. The van der Waals surface area contributed by atoms with Gasteiger partial charge >= 0.3 is 5.76 Å². The first kappa shape index (κ1) is 15.7. The molecule has 0 aliphatic carbocycles. The Morgan fingerprint density at radius 3 is 2.24 bits per heavy atom. The Hall–Kier alpha value is -1.66. The fourth-order valence-electron chi connectivity index (χ4n) is 1.75. The molecule has 0 spiro atoms. The topological polar surface area (TPSA) is 46.2 Å². The minimum atomic E-state index is -4.56. The van der Waals surface area contributed by atoms with Crippen LogP contribution in [0, 0.1) is 0 Å². The largest absolute Gasteiger partial charge is 0.355 e. The van der Waals surface area contributed by atoms with Gasteiger partial charge in [0.1, 0.15) is 0 Å². The minimum Gasteiger partial charge on any atom is -0.355 e. The third-order valence-corrected chi connectivity index (χ3v) is 4.54. The van der Waals surface area contributed by atoms with Gasteiger partial charge in [-0.15, -0.1) is 11.6 Å². The van der Waals surface area contributed by atoms with Crippen LogP contribution in [0.4, 0.5) is 20.2 Å². The maximum atomic E-state index is 12.4. The number of halogens is 3. The van der Waals surface area contributed by atoms with E-state index in [1.54, 1.807) is 0 Å². The number of hydrogen-bond acceptors (Lipinski definition) is 3. The molecule has 2 aromatic carbocycles. The van der Waals surface area contributed by atoms with Crippen LogP contribution < -0.4 is 5.32 Å². The summed E-state index contributed by atoms with van der Waals surface area (Å²) in [5.74, 6) is -3.10. The Kier molecular flexibility index (Phi) is 4.80. The molecule has 0 aliphatic heterocycles. The van der Waals surface area contributed by atoms with E-state index in [9.17, 15) is 17.2 Å². The molecule has 2 rings (SSSR count). The molecule has 0 heterocycles. The molecule has 1 N–H and O–H groups in total. The van der Waals surface area contributed by atoms with E-state index < -0.39 is 20.5 Å². The molecule has 0 aromatic heterocycles. The van der Waals surface area contributed by atoms with Gasteiger partial charge in [-0.3, -0.25) is 0 Å². The molecule has 0 bridgehead atoms. The van der Waals surface area contributed by atoms with Crippen molar-refractivity contribution in [3.05, 3.63) is 54.1 Å². The lowest BCUT2D eigenvalue weighted by molar-refractivity contribution is 0.234. The predicted octanol–water partition coefficient (Wildman–Crippen LogP) is 4.17. The summed E-state index contributed by atoms with van der Waals surface area (Å²) in [4.78, 5) is -0.409. The van der Waals surface area contributed by atoms with E-state index in [-0.39, 0.29) is 0 Å². The first-order chi connectivity index (χ1) is 9.95. The number of rotatable bonds is 5. The van der Waals surface area contributed by atoms with E-state index in [2.05, 4.69) is 5.32 Å². The third kappa shape index (κ3) is 3.51. The fraction of sp³-hybridized carbons (Fsp3) is 0.143. The number of hydrogen-bond donors (Lipinski definition) is 1. The number of sulfone groups is 1. The van der Waals surface area contributed by atoms with Crippen LogP contribution in [0.25, 0.3) is 0 Å². The molecule has 0 fully saturated rings. The smallest absolute Gasteiger partial charge is 0.341 e. The van der Waals surface area contributed by atoms with E-state index >= 15 is 0 Å². The predicted molar refractivity (Wildman–Crippen MR) is 78.9 cm³/mol. The lowest BCUT2D eigenvalue weighted by Gasteiger charge is -2.11. The van der Waals surface area contributed by atoms with E-state index in [1.807, 2.05) is 24.3 Å². The van der Waals surface area contributed by atoms with Gasteiger partial charge in [0.05, 0.1) is 4.90 Å². The van der Waals surface area contributed by atoms with Gasteiger partial charge in [0.25, 0.3) is 0 Å². The lowest BCUT2D eigenvalue weighted by Crippen LogP contribution is -2.11. The molecular formula is C14H12ClF2NO2S. The van der Waals surface area contributed by atoms with Gasteiger partial charge in [-0.05, 0) is 35.9 Å². The molecular weight excluding hydrogens is 320 g/mol. The molecule has 0 amide bonds. The maximum absolute atomic E-state index is 12.4. The standard InChI is InChI=1S/C14H12ClF2NO2S/c15-9-10-3-1-2-4-13(10)18-11-5-7-12(8-6-11)21(19,20)14(16)17/h1-8,14,18H,9H2. The highest BCUT2D eigenvalue weighted by atomic mass is 35.5. The maximum Gasteiger partial charge on any atom is 0.341 e. The van der Waals surface area contributed by atoms with Gasteiger partial charge in [-0.2, -0.15) is 8.78 Å². The van der Waals surface area contributed by atoms with Crippen LogP contribution in [0.3, 0.4) is 0 Å². The van der Waals surface area contributed by atoms with Crippen molar-refractivity contribution >= 4 is 32.8 Å². The van der Waals surface area contributed by atoms with Crippen molar-refractivity contribution < 1.29 is 17.2 Å². The molecule has 21 heavy (non-hydrogen) atoms. The molecule has 112 valence electrons. The lowest BCUT2D eigenvalue weighted by atomic mass is 10.2. The Balaban J connectivity index is 2.24. The van der Waals surface area contributed by atoms with Gasteiger partial charge in [-0.1, -0.05) is 18.2 Å². The Labute approximate surface area is 126 Å². The van der Waals surface area contributed by atoms with Gasteiger partial charge in [0.15, 0.2) is 0 Å². The number of benzene rings is 2. The zero-order valence-electron chi connectivity index (χ0n) is 10.8. The monoisotopic (exact) mass is 331 g/mol. The molecule has 0 radical (unpaired) electrons. The van der Waals surface area contributed by atoms with Crippen molar-refractivity contribution in [1.29, 1.82) is 0 Å². The van der Waals surface area contributed by atoms with Crippen molar-refractivity contribution in [3.8, 4) is 0 Å². The Bertz CT molecular complexity index is 718. The molecule has 0 saturated carbocycles. The second kappa shape index (κ2) is 6.41. The van der Waals surface area contributed by atoms with Crippen molar-refractivity contribution in [3.63, 3.8) is 0 Å². The average Bonchev–Trinajstić information content (AvgIpc) is 2.48. The summed E-state index contributed by atoms with van der Waals surface area (Å²) in [6.07, 6.45) is 0. The number of para-hydroxylation sites is 1. The van der Waals surface area contributed by atoms with Crippen molar-refractivity contribution in [2.75, 3.05) is 5.32 Å². The zero-order chi connectivity index (χ0) is 15.5. The van der Waals surface area contributed by atoms with Crippen LogP contribution in [-0.4, -0.2) is 14.2 Å². The quantitative estimate of drug-likeness (QED) is 0.837. The van der Waals surface area contributed by atoms with Gasteiger partial charge in [-0.25, -0.2) is 8.42 Å². The molecule has 0 aliphatic rings. The molecule has 0 saturated heterocycles. The van der Waals surface area contributed by atoms with Crippen LogP contribution >= 0.6 is 11.6 Å². The molecule has 0 atom stereocenters. The van der Waals surface area contributed by atoms with Gasteiger partial charge in [0.2, 0.25) is 9.84 Å². The summed E-state index contributed by atoms with van der Waals surface area (Å²) in [7, 11) is -4.56. The average molecular weight is 332 g/mol. The van der Waals surface area contributed by atoms with E-state index in [0.717, 1.165) is 23.4 Å². The number of nitrogens with one attached hydrogen (secondary N) is 1. The summed E-state index contributed by atoms with van der Waals surface area (Å²) in [6.45, 7) is 0. The zero-order valence-corrected chi connectivity index (χ0v) is 12.3. The van der Waals surface area contributed by atoms with Crippen LogP contribution in [0.5, 0.6) is 0 Å².